The van der Waals surface area contributed by atoms with E-state index >= 15 is 0 Å². The minimum atomic E-state index is -4.94. The van der Waals surface area contributed by atoms with E-state index in [4.69, 9.17) is 4.74 Å². The average Bonchev–Trinajstić information content (AvgIpc) is 2.76. The van der Waals surface area contributed by atoms with Crippen LogP contribution < -0.4 is 0 Å². The molecule has 43 heavy (non-hydrogen) atoms. The summed E-state index contributed by atoms with van der Waals surface area (Å²) in [4.78, 5) is 22.4. The predicted octanol–water partition coefficient (Wildman–Crippen LogP) is 9.76. The fourth-order valence-corrected chi connectivity index (χ4v) is 2.19. The van der Waals surface area contributed by atoms with E-state index in [1.807, 2.05) is 0 Å². The maximum Gasteiger partial charge on any atom is 0.422 e. The molecule has 0 amide bonds. The lowest BCUT2D eigenvalue weighted by Gasteiger charge is -2.32. The number of carbonyl (C=O) groups excluding carboxylic acids is 2. The van der Waals surface area contributed by atoms with Crippen LogP contribution in [0.25, 0.3) is 0 Å². The van der Waals surface area contributed by atoms with E-state index < -0.39 is 84.1 Å². The molecule has 0 rings (SSSR count). The lowest BCUT2D eigenvalue weighted by atomic mass is 9.86. The van der Waals surface area contributed by atoms with Gasteiger partial charge in [0.25, 0.3) is 0 Å². The predicted molar refractivity (Wildman–Crippen MR) is 122 cm³/mol. The van der Waals surface area contributed by atoms with Crippen molar-refractivity contribution in [2.24, 2.45) is 22.7 Å². The van der Waals surface area contributed by atoms with Crippen molar-refractivity contribution >= 4 is 11.9 Å². The zero-order valence-electron chi connectivity index (χ0n) is 24.6. The van der Waals surface area contributed by atoms with Crippen molar-refractivity contribution in [3.05, 3.63) is 0 Å². The van der Waals surface area contributed by atoms with Gasteiger partial charge >= 0.3 is 42.8 Å². The summed E-state index contributed by atoms with van der Waals surface area (Å²) in [5, 5.41) is 0. The highest BCUT2D eigenvalue weighted by Gasteiger charge is 2.58. The van der Waals surface area contributed by atoms with Gasteiger partial charge in [0.1, 0.15) is 5.60 Å². The van der Waals surface area contributed by atoms with Crippen LogP contribution in [0, 0.1) is 22.7 Å². The Hall–Kier alpha value is -2.11. The normalized spacial score (nSPS) is 17.5. The largest absolute Gasteiger partial charge is 0.459 e. The molecule has 0 aromatic heterocycles. The molecule has 0 aromatic carbocycles. The van der Waals surface area contributed by atoms with E-state index in [0.29, 0.717) is 20.8 Å². The fourth-order valence-electron chi connectivity index (χ4n) is 2.19. The number of halogens is 15. The smallest absolute Gasteiger partial charge is 0.422 e. The zero-order valence-corrected chi connectivity index (χ0v) is 24.6. The lowest BCUT2D eigenvalue weighted by molar-refractivity contribution is -0.245. The summed E-state index contributed by atoms with van der Waals surface area (Å²) in [6, 6.07) is 0. The second-order valence-corrected chi connectivity index (χ2v) is 10.7. The SMILES string of the molecule is CC(C(C)C(F)(F)F)C(F)(F)F.CCC(C)(C(=O)OC(C)(C)C)C(F)(F)F.CCC(C)(C(=O)OCC(F)(F)F)C(F)(F)F. The Kier molecular flexibility index (Phi) is 16.1. The number of ether oxygens (including phenoxy) is 2. The van der Waals surface area contributed by atoms with Crippen LogP contribution in [0.15, 0.2) is 0 Å². The molecule has 0 aliphatic carbocycles. The molecule has 4 unspecified atom stereocenters. The van der Waals surface area contributed by atoms with E-state index in [1.165, 1.54) is 27.7 Å². The second-order valence-electron chi connectivity index (χ2n) is 10.7. The highest BCUT2D eigenvalue weighted by atomic mass is 19.4. The van der Waals surface area contributed by atoms with Crippen LogP contribution in [0.2, 0.25) is 0 Å². The maximum absolute atomic E-state index is 12.6. The van der Waals surface area contributed by atoms with Crippen molar-refractivity contribution in [3.63, 3.8) is 0 Å². The third-order valence-corrected chi connectivity index (χ3v) is 6.12. The maximum atomic E-state index is 12.6. The van der Waals surface area contributed by atoms with Crippen molar-refractivity contribution in [3.8, 4) is 0 Å². The van der Waals surface area contributed by atoms with E-state index in [-0.39, 0.29) is 6.42 Å². The molecule has 4 nitrogen and oxygen atoms in total. The molecule has 0 bridgehead atoms. The third-order valence-electron chi connectivity index (χ3n) is 6.12. The number of alkyl halides is 15. The average molecular weight is 673 g/mol. The molecular weight excluding hydrogens is 637 g/mol. The number of hydrogen-bond acceptors (Lipinski definition) is 4. The van der Waals surface area contributed by atoms with Gasteiger partial charge in [0.15, 0.2) is 17.4 Å². The summed E-state index contributed by atoms with van der Waals surface area (Å²) in [5.74, 6) is -7.83. The summed E-state index contributed by atoms with van der Waals surface area (Å²) in [6.45, 7) is 7.38. The quantitative estimate of drug-likeness (QED) is 0.208. The van der Waals surface area contributed by atoms with Crippen molar-refractivity contribution < 1.29 is 84.9 Å². The second kappa shape index (κ2) is 15.3. The molecular formula is C24H35F15O4. The molecule has 260 valence electrons. The van der Waals surface area contributed by atoms with E-state index in [2.05, 4.69) is 4.74 Å². The van der Waals surface area contributed by atoms with Crippen LogP contribution in [0.4, 0.5) is 65.9 Å². The number of esters is 2. The van der Waals surface area contributed by atoms with Gasteiger partial charge in [-0.05, 0) is 47.5 Å². The van der Waals surface area contributed by atoms with E-state index in [1.54, 1.807) is 0 Å². The first-order chi connectivity index (χ1) is 18.4. The van der Waals surface area contributed by atoms with Crippen LogP contribution in [-0.4, -0.2) is 55.0 Å². The van der Waals surface area contributed by atoms with Crippen LogP contribution in [-0.2, 0) is 19.1 Å². The highest BCUT2D eigenvalue weighted by molar-refractivity contribution is 5.78. The lowest BCUT2D eigenvalue weighted by Crippen LogP contribution is -2.45. The van der Waals surface area contributed by atoms with Crippen LogP contribution in [0.3, 0.4) is 0 Å². The molecule has 4 atom stereocenters. The number of carbonyl (C=O) groups is 2. The van der Waals surface area contributed by atoms with E-state index in [9.17, 15) is 75.4 Å². The van der Waals surface area contributed by atoms with Crippen molar-refractivity contribution in [1.82, 2.24) is 0 Å². The summed E-state index contributed by atoms with van der Waals surface area (Å²) in [6.07, 6.45) is -24.9. The summed E-state index contributed by atoms with van der Waals surface area (Å²) >= 11 is 0. The summed E-state index contributed by atoms with van der Waals surface area (Å²) < 4.78 is 189. The van der Waals surface area contributed by atoms with Gasteiger partial charge in [-0.2, -0.15) is 65.9 Å². The Morgan fingerprint density at radius 1 is 0.558 bits per heavy atom. The molecule has 0 saturated carbocycles. The van der Waals surface area contributed by atoms with Crippen molar-refractivity contribution in [2.45, 2.75) is 112 Å². The fraction of sp³-hybridized carbons (Fsp3) is 0.917. The molecule has 0 fully saturated rings. The van der Waals surface area contributed by atoms with Gasteiger partial charge in [-0.1, -0.05) is 27.7 Å². The van der Waals surface area contributed by atoms with Gasteiger partial charge in [-0.3, -0.25) is 9.59 Å². The Balaban J connectivity index is -0.000000564. The topological polar surface area (TPSA) is 52.6 Å². The first kappa shape index (κ1) is 45.3. The minimum Gasteiger partial charge on any atom is -0.459 e. The molecule has 0 N–H and O–H groups in total. The summed E-state index contributed by atoms with van der Waals surface area (Å²) in [7, 11) is 0. The zero-order chi connectivity index (χ0) is 35.8. The first-order valence-electron chi connectivity index (χ1n) is 12.2. The molecule has 0 saturated heterocycles. The number of hydrogen-bond donors (Lipinski definition) is 0. The third kappa shape index (κ3) is 15.4. The Labute approximate surface area is 238 Å². The van der Waals surface area contributed by atoms with Crippen LogP contribution in [0.5, 0.6) is 0 Å². The first-order valence-corrected chi connectivity index (χ1v) is 12.2. The Morgan fingerprint density at radius 3 is 1.02 bits per heavy atom. The monoisotopic (exact) mass is 672 g/mol. The summed E-state index contributed by atoms with van der Waals surface area (Å²) in [5.41, 5.74) is -6.22. The molecule has 0 radical (unpaired) electrons. The highest BCUT2D eigenvalue weighted by Crippen LogP contribution is 2.43. The van der Waals surface area contributed by atoms with Crippen LogP contribution in [0.1, 0.15) is 75.2 Å². The molecule has 0 aromatic rings. The van der Waals surface area contributed by atoms with Gasteiger partial charge in [-0.25, -0.2) is 0 Å². The van der Waals surface area contributed by atoms with Gasteiger partial charge in [0, 0.05) is 0 Å². The van der Waals surface area contributed by atoms with Crippen molar-refractivity contribution in [2.75, 3.05) is 6.61 Å². The number of rotatable bonds is 6. The molecule has 0 heterocycles. The molecule has 19 heteroatoms. The standard InChI is InChI=1S/C10H17F3O2.C8H10F6O2.C6H8F6/c1-6-9(5,10(11,12)13)7(14)15-8(2,3)4;1-3-6(2,8(12,13)14)5(15)16-4-7(9,10)11;1-3(5(7,8)9)4(2)6(10,11)12/h6H2,1-5H3;3-4H2,1-2H3;3-4H,1-2H3. The Morgan fingerprint density at radius 2 is 0.837 bits per heavy atom. The van der Waals surface area contributed by atoms with Gasteiger partial charge < -0.3 is 9.47 Å². The molecule has 0 aliphatic heterocycles. The minimum absolute atomic E-state index is 0.328. The van der Waals surface area contributed by atoms with Crippen molar-refractivity contribution in [1.29, 1.82) is 0 Å². The Bertz CT molecular complexity index is 847. The molecule has 0 aliphatic rings. The van der Waals surface area contributed by atoms with Gasteiger partial charge in [0.05, 0.1) is 11.8 Å². The van der Waals surface area contributed by atoms with E-state index in [0.717, 1.165) is 13.8 Å². The molecule has 0 spiro atoms. The van der Waals surface area contributed by atoms with Gasteiger partial charge in [0.2, 0.25) is 0 Å². The van der Waals surface area contributed by atoms with Crippen LogP contribution >= 0.6 is 0 Å². The van der Waals surface area contributed by atoms with Gasteiger partial charge in [-0.15, -0.1) is 0 Å².